The number of esters is 1. The monoisotopic (exact) mass is 408 g/mol. The molecule has 30 heavy (non-hydrogen) atoms. The summed E-state index contributed by atoms with van der Waals surface area (Å²) in [7, 11) is 0. The predicted molar refractivity (Wildman–Crippen MR) is 110 cm³/mol. The zero-order valence-electron chi connectivity index (χ0n) is 16.9. The van der Waals surface area contributed by atoms with Gasteiger partial charge < -0.3 is 19.3 Å². The van der Waals surface area contributed by atoms with Gasteiger partial charge in [-0.2, -0.15) is 0 Å². The number of rotatable bonds is 5. The Morgan fingerprint density at radius 3 is 2.67 bits per heavy atom. The molecule has 156 valence electrons. The molecule has 0 radical (unpaired) electrons. The Bertz CT molecular complexity index is 974. The van der Waals surface area contributed by atoms with Crippen molar-refractivity contribution in [3.05, 3.63) is 59.7 Å². The van der Waals surface area contributed by atoms with Crippen molar-refractivity contribution in [2.75, 3.05) is 24.6 Å². The first kappa shape index (κ1) is 19.9. The van der Waals surface area contributed by atoms with Crippen LogP contribution in [-0.2, 0) is 32.1 Å². The molecule has 0 unspecified atom stereocenters. The number of nitrogens with zero attached hydrogens (tertiary/aromatic N) is 2. The Hall–Kier alpha value is -3.35. The number of carbonyl (C=O) groups is 3. The molecule has 2 aliphatic heterocycles. The third-order valence-corrected chi connectivity index (χ3v) is 5.45. The summed E-state index contributed by atoms with van der Waals surface area (Å²) in [6.45, 7) is 2.84. The first-order valence-corrected chi connectivity index (χ1v) is 10.1. The van der Waals surface area contributed by atoms with E-state index in [1.165, 1.54) is 10.5 Å². The summed E-state index contributed by atoms with van der Waals surface area (Å²) in [5.41, 5.74) is 3.01. The largest absolute Gasteiger partial charge is 0.482 e. The van der Waals surface area contributed by atoms with E-state index < -0.39 is 12.1 Å². The number of benzene rings is 2. The van der Waals surface area contributed by atoms with Crippen LogP contribution in [0.5, 0.6) is 5.75 Å². The number of anilines is 1. The van der Waals surface area contributed by atoms with Gasteiger partial charge in [0.15, 0.2) is 12.7 Å². The Kier molecular flexibility index (Phi) is 5.70. The second kappa shape index (κ2) is 8.57. The second-order valence-electron chi connectivity index (χ2n) is 7.46. The van der Waals surface area contributed by atoms with Gasteiger partial charge in [0.25, 0.3) is 11.8 Å². The maximum atomic E-state index is 12.7. The summed E-state index contributed by atoms with van der Waals surface area (Å²) < 4.78 is 10.8. The van der Waals surface area contributed by atoms with E-state index in [1.807, 2.05) is 30.3 Å². The summed E-state index contributed by atoms with van der Waals surface area (Å²) in [5.74, 6) is -0.312. The average molecular weight is 408 g/mol. The fraction of sp³-hybridized carbons (Fsp3) is 0.348. The van der Waals surface area contributed by atoms with Crippen LogP contribution in [0.3, 0.4) is 0 Å². The van der Waals surface area contributed by atoms with Gasteiger partial charge in [-0.1, -0.05) is 36.4 Å². The molecule has 1 atom stereocenters. The number of carbonyl (C=O) groups excluding carboxylic acids is 3. The van der Waals surface area contributed by atoms with E-state index in [4.69, 9.17) is 9.47 Å². The standard InChI is InChI=1S/C23H24N2O5/c1-16(23(28)24-12-10-17-6-2-3-7-18(17)14-24)30-22(27)11-13-25-19-8-4-5-9-20(19)29-15-21(25)26/h2-9,16H,10-15H2,1H3/t16-/m0/s1. The van der Waals surface area contributed by atoms with Gasteiger partial charge in [0, 0.05) is 19.6 Å². The van der Waals surface area contributed by atoms with Gasteiger partial charge >= 0.3 is 5.97 Å². The summed E-state index contributed by atoms with van der Waals surface area (Å²) in [4.78, 5) is 40.5. The molecule has 0 fully saturated rings. The molecule has 0 saturated carbocycles. The van der Waals surface area contributed by atoms with Gasteiger partial charge in [-0.3, -0.25) is 14.4 Å². The van der Waals surface area contributed by atoms with Gasteiger partial charge in [-0.25, -0.2) is 0 Å². The highest BCUT2D eigenvalue weighted by Gasteiger charge is 2.29. The molecule has 2 amide bonds. The minimum atomic E-state index is -0.865. The number of hydrogen-bond donors (Lipinski definition) is 0. The van der Waals surface area contributed by atoms with Crippen LogP contribution in [0.15, 0.2) is 48.5 Å². The molecule has 0 aliphatic carbocycles. The van der Waals surface area contributed by atoms with Crippen molar-refractivity contribution in [1.29, 1.82) is 0 Å². The summed E-state index contributed by atoms with van der Waals surface area (Å²) in [6, 6.07) is 15.2. The van der Waals surface area contributed by atoms with Crippen LogP contribution in [0, 0.1) is 0 Å². The lowest BCUT2D eigenvalue weighted by Crippen LogP contribution is -2.43. The highest BCUT2D eigenvalue weighted by atomic mass is 16.5. The number of ether oxygens (including phenoxy) is 2. The van der Waals surface area contributed by atoms with Crippen molar-refractivity contribution in [2.24, 2.45) is 0 Å². The number of amides is 2. The molecule has 0 spiro atoms. The van der Waals surface area contributed by atoms with Crippen molar-refractivity contribution >= 4 is 23.5 Å². The lowest BCUT2D eigenvalue weighted by Gasteiger charge is -2.31. The van der Waals surface area contributed by atoms with Gasteiger partial charge in [0.05, 0.1) is 12.1 Å². The van der Waals surface area contributed by atoms with Crippen LogP contribution in [0.1, 0.15) is 24.5 Å². The smallest absolute Gasteiger partial charge is 0.308 e. The van der Waals surface area contributed by atoms with E-state index in [2.05, 4.69) is 6.07 Å². The van der Waals surface area contributed by atoms with Crippen LogP contribution < -0.4 is 9.64 Å². The first-order chi connectivity index (χ1) is 14.5. The number of para-hydroxylation sites is 2. The number of fused-ring (bicyclic) bond motifs is 2. The highest BCUT2D eigenvalue weighted by molar-refractivity contribution is 5.98. The SMILES string of the molecule is C[C@H](OC(=O)CCN1C(=O)COc2ccccc21)C(=O)N1CCc2ccccc2C1. The fourth-order valence-corrected chi connectivity index (χ4v) is 3.85. The minimum Gasteiger partial charge on any atom is -0.482 e. The number of hydrogen-bond acceptors (Lipinski definition) is 5. The molecule has 2 heterocycles. The molecule has 0 N–H and O–H groups in total. The molecule has 0 bridgehead atoms. The van der Waals surface area contributed by atoms with Crippen LogP contribution in [0.4, 0.5) is 5.69 Å². The van der Waals surface area contributed by atoms with E-state index in [0.29, 0.717) is 24.5 Å². The van der Waals surface area contributed by atoms with Crippen LogP contribution in [-0.4, -0.2) is 48.5 Å². The predicted octanol–water partition coefficient (Wildman–Crippen LogP) is 2.32. The highest BCUT2D eigenvalue weighted by Crippen LogP contribution is 2.31. The molecule has 2 aromatic carbocycles. The van der Waals surface area contributed by atoms with Crippen LogP contribution in [0.25, 0.3) is 0 Å². The van der Waals surface area contributed by atoms with E-state index >= 15 is 0 Å². The molecule has 0 aromatic heterocycles. The van der Waals surface area contributed by atoms with E-state index in [9.17, 15) is 14.4 Å². The van der Waals surface area contributed by atoms with E-state index in [-0.39, 0.29) is 31.4 Å². The van der Waals surface area contributed by atoms with Crippen molar-refractivity contribution in [1.82, 2.24) is 4.90 Å². The third kappa shape index (κ3) is 4.15. The maximum absolute atomic E-state index is 12.7. The molecule has 2 aromatic rings. The van der Waals surface area contributed by atoms with Crippen LogP contribution in [0.2, 0.25) is 0 Å². The normalized spacial score (nSPS) is 16.2. The molecular weight excluding hydrogens is 384 g/mol. The molecular formula is C23H24N2O5. The van der Waals surface area contributed by atoms with Crippen LogP contribution >= 0.6 is 0 Å². The zero-order valence-corrected chi connectivity index (χ0v) is 16.9. The zero-order chi connectivity index (χ0) is 21.1. The summed E-state index contributed by atoms with van der Waals surface area (Å²) in [5, 5.41) is 0. The molecule has 0 saturated heterocycles. The topological polar surface area (TPSA) is 76.1 Å². The minimum absolute atomic E-state index is 0.000524. The Morgan fingerprint density at radius 1 is 1.10 bits per heavy atom. The average Bonchev–Trinajstić information content (AvgIpc) is 2.77. The Balaban J connectivity index is 1.31. The first-order valence-electron chi connectivity index (χ1n) is 10.1. The van der Waals surface area contributed by atoms with Crippen molar-refractivity contribution in [3.8, 4) is 5.75 Å². The fourth-order valence-electron chi connectivity index (χ4n) is 3.85. The molecule has 7 heteroatoms. The summed E-state index contributed by atoms with van der Waals surface area (Å²) >= 11 is 0. The third-order valence-electron chi connectivity index (χ3n) is 5.45. The quantitative estimate of drug-likeness (QED) is 0.710. The van der Waals surface area contributed by atoms with Crippen molar-refractivity contribution in [3.63, 3.8) is 0 Å². The van der Waals surface area contributed by atoms with Gasteiger partial charge in [-0.05, 0) is 36.6 Å². The molecule has 2 aliphatic rings. The van der Waals surface area contributed by atoms with Crippen molar-refractivity contribution in [2.45, 2.75) is 32.4 Å². The van der Waals surface area contributed by atoms with Gasteiger partial charge in [-0.15, -0.1) is 0 Å². The summed E-state index contributed by atoms with van der Waals surface area (Å²) in [6.07, 6.45) is -0.0720. The van der Waals surface area contributed by atoms with Gasteiger partial charge in [0.1, 0.15) is 5.75 Å². The Morgan fingerprint density at radius 2 is 1.83 bits per heavy atom. The Labute approximate surface area is 175 Å². The second-order valence-corrected chi connectivity index (χ2v) is 7.46. The lowest BCUT2D eigenvalue weighted by molar-refractivity contribution is -0.159. The maximum Gasteiger partial charge on any atom is 0.308 e. The molecule has 4 rings (SSSR count). The van der Waals surface area contributed by atoms with Crippen molar-refractivity contribution < 1.29 is 23.9 Å². The lowest BCUT2D eigenvalue weighted by atomic mass is 9.99. The molecule has 7 nitrogen and oxygen atoms in total. The van der Waals surface area contributed by atoms with E-state index in [1.54, 1.807) is 24.0 Å². The van der Waals surface area contributed by atoms with E-state index in [0.717, 1.165) is 12.0 Å². The van der Waals surface area contributed by atoms with Gasteiger partial charge in [0.2, 0.25) is 0 Å².